The molecule has 5 nitrogen and oxygen atoms in total. The average Bonchev–Trinajstić information content (AvgIpc) is 2.57. The number of piperidine rings is 1. The number of allylic oxidation sites excluding steroid dienone is 1. The van der Waals surface area contributed by atoms with Gasteiger partial charge in [-0.05, 0) is 6.42 Å². The largest absolute Gasteiger partial charge is 0.383 e. The molecular weight excluding hydrogens is 182 g/mol. The maximum atomic E-state index is 11.8. The molecule has 0 unspecified atom stereocenters. The zero-order valence-corrected chi connectivity index (χ0v) is 8.28. The van der Waals surface area contributed by atoms with Crippen molar-refractivity contribution in [2.24, 2.45) is 0 Å². The number of nitrogens with one attached hydrogen (secondary N) is 1. The molecule has 0 radical (unpaired) electrons. The van der Waals surface area contributed by atoms with Crippen molar-refractivity contribution >= 4 is 5.78 Å². The van der Waals surface area contributed by atoms with E-state index in [1.54, 1.807) is 11.3 Å². The predicted molar refractivity (Wildman–Crippen MR) is 50.4 cm³/mol. The Labute approximate surface area is 82.5 Å². The lowest BCUT2D eigenvalue weighted by atomic mass is 10.0. The number of hydroxylamine groups is 3. The van der Waals surface area contributed by atoms with Crippen LogP contribution in [0.2, 0.25) is 0 Å². The van der Waals surface area contributed by atoms with Gasteiger partial charge >= 0.3 is 0 Å². The number of hydrogen-bond acceptors (Lipinski definition) is 5. The van der Waals surface area contributed by atoms with Crippen molar-refractivity contribution in [1.82, 2.24) is 15.4 Å². The number of carbonyl (C=O) groups is 1. The third-order valence-corrected chi connectivity index (χ3v) is 2.15. The van der Waals surface area contributed by atoms with Crippen molar-refractivity contribution in [3.05, 3.63) is 23.7 Å². The molecule has 1 saturated heterocycles. The zero-order valence-electron chi connectivity index (χ0n) is 8.28. The third kappa shape index (κ3) is 1.46. The van der Waals surface area contributed by atoms with Gasteiger partial charge in [0.25, 0.3) is 0 Å². The van der Waals surface area contributed by atoms with Gasteiger partial charge in [-0.1, -0.05) is 0 Å². The standard InChI is InChI=1S/C9H13N3O2/c1-11(2)6-7-3-4-12-8(9(7)13)5-10-14-12/h5-6,10H,3-4H2,1-2H3. The Bertz CT molecular complexity index is 320. The van der Waals surface area contributed by atoms with E-state index in [-0.39, 0.29) is 5.78 Å². The molecular formula is C9H13N3O2. The number of carbonyl (C=O) groups excluding carboxylic acids is 1. The van der Waals surface area contributed by atoms with Crippen LogP contribution in [0.4, 0.5) is 0 Å². The average molecular weight is 195 g/mol. The van der Waals surface area contributed by atoms with E-state index in [1.807, 2.05) is 25.2 Å². The minimum absolute atomic E-state index is 0.0370. The number of Topliss-reactive ketones (excluding diaryl/α,β-unsaturated/α-hetero) is 1. The van der Waals surface area contributed by atoms with Crippen molar-refractivity contribution in [2.75, 3.05) is 20.6 Å². The monoisotopic (exact) mass is 195 g/mol. The molecule has 0 amide bonds. The Morgan fingerprint density at radius 3 is 3.14 bits per heavy atom. The quantitative estimate of drug-likeness (QED) is 0.597. The van der Waals surface area contributed by atoms with E-state index in [0.717, 1.165) is 12.0 Å². The highest BCUT2D eigenvalue weighted by atomic mass is 16.8. The van der Waals surface area contributed by atoms with E-state index in [9.17, 15) is 4.79 Å². The highest BCUT2D eigenvalue weighted by Crippen LogP contribution is 2.23. The molecule has 1 N–H and O–H groups in total. The summed E-state index contributed by atoms with van der Waals surface area (Å²) in [6.45, 7) is 0.713. The Balaban J connectivity index is 2.21. The molecule has 2 rings (SSSR count). The Morgan fingerprint density at radius 1 is 1.64 bits per heavy atom. The fourth-order valence-electron chi connectivity index (χ4n) is 1.55. The highest BCUT2D eigenvalue weighted by Gasteiger charge is 2.30. The molecule has 2 heterocycles. The topological polar surface area (TPSA) is 44.8 Å². The second kappa shape index (κ2) is 3.34. The van der Waals surface area contributed by atoms with Gasteiger partial charge in [0.2, 0.25) is 5.78 Å². The van der Waals surface area contributed by atoms with Gasteiger partial charge in [0.1, 0.15) is 5.70 Å². The van der Waals surface area contributed by atoms with Gasteiger partial charge < -0.3 is 4.90 Å². The molecule has 0 bridgehead atoms. The molecule has 0 saturated carbocycles. The van der Waals surface area contributed by atoms with Crippen molar-refractivity contribution < 1.29 is 9.73 Å². The lowest BCUT2D eigenvalue weighted by Crippen LogP contribution is -2.32. The molecule has 0 aromatic rings. The summed E-state index contributed by atoms with van der Waals surface area (Å²) in [5.74, 6) is 0.0370. The minimum Gasteiger partial charge on any atom is -0.383 e. The van der Waals surface area contributed by atoms with Crippen molar-refractivity contribution in [3.8, 4) is 0 Å². The zero-order chi connectivity index (χ0) is 10.1. The molecule has 2 aliphatic rings. The Hall–Kier alpha value is -1.49. The van der Waals surface area contributed by atoms with E-state index in [2.05, 4.69) is 5.48 Å². The Morgan fingerprint density at radius 2 is 2.43 bits per heavy atom. The van der Waals surface area contributed by atoms with Gasteiger partial charge in [0.15, 0.2) is 0 Å². The van der Waals surface area contributed by atoms with Gasteiger partial charge in [0, 0.05) is 25.9 Å². The van der Waals surface area contributed by atoms with Crippen LogP contribution >= 0.6 is 0 Å². The SMILES string of the molecule is CN(C)C=C1CCN2ONC=C2C1=O. The second-order valence-electron chi connectivity index (χ2n) is 3.54. The molecule has 1 fully saturated rings. The summed E-state index contributed by atoms with van der Waals surface area (Å²) in [5, 5.41) is 1.58. The summed E-state index contributed by atoms with van der Waals surface area (Å²) in [6.07, 6.45) is 4.17. The molecule has 2 aliphatic heterocycles. The van der Waals surface area contributed by atoms with E-state index < -0.39 is 0 Å². The Kier molecular flexibility index (Phi) is 2.17. The van der Waals surface area contributed by atoms with Crippen molar-refractivity contribution in [3.63, 3.8) is 0 Å². The molecule has 0 aromatic heterocycles. The number of nitrogens with zero attached hydrogens (tertiary/aromatic N) is 2. The lowest BCUT2D eigenvalue weighted by Gasteiger charge is -2.24. The summed E-state index contributed by atoms with van der Waals surface area (Å²) in [6, 6.07) is 0. The fraction of sp³-hybridized carbons (Fsp3) is 0.444. The van der Waals surface area contributed by atoms with Crippen LogP contribution in [0.3, 0.4) is 0 Å². The fourth-order valence-corrected chi connectivity index (χ4v) is 1.55. The third-order valence-electron chi connectivity index (χ3n) is 2.15. The number of rotatable bonds is 1. The molecule has 0 aliphatic carbocycles. The van der Waals surface area contributed by atoms with Gasteiger partial charge in [-0.2, -0.15) is 4.94 Å². The van der Waals surface area contributed by atoms with Crippen LogP contribution in [0.5, 0.6) is 0 Å². The van der Waals surface area contributed by atoms with Crippen LogP contribution in [-0.4, -0.2) is 36.4 Å². The summed E-state index contributed by atoms with van der Waals surface area (Å²) < 4.78 is 0. The van der Waals surface area contributed by atoms with Crippen LogP contribution in [-0.2, 0) is 9.73 Å². The van der Waals surface area contributed by atoms with Crippen LogP contribution < -0.4 is 5.48 Å². The first-order chi connectivity index (χ1) is 6.68. The first-order valence-corrected chi connectivity index (χ1v) is 4.50. The molecule has 0 atom stereocenters. The molecule has 0 spiro atoms. The van der Waals surface area contributed by atoms with E-state index in [4.69, 9.17) is 4.94 Å². The highest BCUT2D eigenvalue weighted by molar-refractivity contribution is 6.08. The van der Waals surface area contributed by atoms with Gasteiger partial charge in [-0.3, -0.25) is 4.79 Å². The maximum Gasteiger partial charge on any atom is 0.210 e. The predicted octanol–water partition coefficient (Wildman–Crippen LogP) is -0.00210. The maximum absolute atomic E-state index is 11.8. The van der Waals surface area contributed by atoms with Crippen LogP contribution in [0.1, 0.15) is 6.42 Å². The van der Waals surface area contributed by atoms with Crippen LogP contribution in [0.25, 0.3) is 0 Å². The van der Waals surface area contributed by atoms with Crippen molar-refractivity contribution in [2.45, 2.75) is 6.42 Å². The molecule has 5 heteroatoms. The first-order valence-electron chi connectivity index (χ1n) is 4.50. The number of ketones is 1. The van der Waals surface area contributed by atoms with E-state index in [1.165, 1.54) is 0 Å². The van der Waals surface area contributed by atoms with Gasteiger partial charge in [-0.25, -0.2) is 10.5 Å². The summed E-state index contributed by atoms with van der Waals surface area (Å²) in [7, 11) is 3.81. The smallest absolute Gasteiger partial charge is 0.210 e. The van der Waals surface area contributed by atoms with Crippen molar-refractivity contribution in [1.29, 1.82) is 0 Å². The van der Waals surface area contributed by atoms with Crippen LogP contribution in [0, 0.1) is 0 Å². The summed E-state index contributed by atoms with van der Waals surface area (Å²) in [4.78, 5) is 18.7. The second-order valence-corrected chi connectivity index (χ2v) is 3.54. The molecule has 14 heavy (non-hydrogen) atoms. The van der Waals surface area contributed by atoms with Gasteiger partial charge in [-0.15, -0.1) is 0 Å². The molecule has 76 valence electrons. The van der Waals surface area contributed by atoms with Gasteiger partial charge in [0.05, 0.1) is 12.7 Å². The number of hydrogen-bond donors (Lipinski definition) is 1. The first kappa shape index (κ1) is 9.08. The van der Waals surface area contributed by atoms with Crippen LogP contribution in [0.15, 0.2) is 23.7 Å². The lowest BCUT2D eigenvalue weighted by molar-refractivity contribution is -0.159. The van der Waals surface area contributed by atoms with E-state index in [0.29, 0.717) is 12.2 Å². The normalized spacial score (nSPS) is 23.3. The summed E-state index contributed by atoms with van der Waals surface area (Å²) in [5.41, 5.74) is 3.98. The number of fused-ring (bicyclic) bond motifs is 1. The summed E-state index contributed by atoms with van der Waals surface area (Å²) >= 11 is 0. The minimum atomic E-state index is 0.0370. The molecule has 0 aromatic carbocycles. The van der Waals surface area contributed by atoms with E-state index >= 15 is 0 Å².